The molecule has 6 rings (SSSR count). The SMILES string of the molecule is CC[C@@H](OC(=O)[C@H](C)[C@@H](O[C@H]1C[C@@](C)(OC)[C@@H](O)[C@H](C)O1)[C@H](C)[C@H]1O[C@@H]2O[C@H](C)C[C@@H](OC(=O)CC/C(C)=C/Cc3c(O)c4c(c(C)c3OC)COC4=O)[C@@H]2N2CCOCC2[C@@]1(O)C[C@@H](C)CN(C)CC)C(C)O.CC[C@H](C)O. The van der Waals surface area contributed by atoms with Gasteiger partial charge in [0.25, 0.3) is 0 Å². The first kappa shape index (κ1) is 66.3. The Kier molecular flexibility index (Phi) is 24.5. The van der Waals surface area contributed by atoms with E-state index in [1.165, 1.54) is 14.2 Å². The Morgan fingerprint density at radius 1 is 1.01 bits per heavy atom. The van der Waals surface area contributed by atoms with Crippen molar-refractivity contribution in [3.05, 3.63) is 33.9 Å². The van der Waals surface area contributed by atoms with Crippen molar-refractivity contribution >= 4 is 17.9 Å². The number of hydrogen-bond acceptors (Lipinski definition) is 20. The maximum atomic E-state index is 14.3. The highest BCUT2D eigenvalue weighted by atomic mass is 16.7. The Morgan fingerprint density at radius 3 is 2.30 bits per heavy atom. The van der Waals surface area contributed by atoms with E-state index in [1.54, 1.807) is 34.6 Å². The van der Waals surface area contributed by atoms with E-state index in [-0.39, 0.29) is 62.2 Å². The van der Waals surface area contributed by atoms with Gasteiger partial charge in [-0.2, -0.15) is 0 Å². The number of aliphatic hydroxyl groups is 4. The molecule has 4 fully saturated rings. The molecule has 20 nitrogen and oxygen atoms in total. The van der Waals surface area contributed by atoms with Crippen molar-refractivity contribution in [1.82, 2.24) is 9.80 Å². The predicted octanol–water partition coefficient (Wildman–Crippen LogP) is 5.91. The number of ether oxygens (including phenoxy) is 10. The van der Waals surface area contributed by atoms with Crippen LogP contribution in [0, 0.1) is 24.7 Å². The maximum Gasteiger partial charge on any atom is 0.342 e. The van der Waals surface area contributed by atoms with Crippen LogP contribution in [0.25, 0.3) is 0 Å². The number of allylic oxidation sites excluding steroid dienone is 2. The lowest BCUT2D eigenvalue weighted by Crippen LogP contribution is -2.68. The number of aliphatic hydroxyl groups excluding tert-OH is 3. The summed E-state index contributed by atoms with van der Waals surface area (Å²) in [6, 6.07) is -1.37. The van der Waals surface area contributed by atoms with Crippen LogP contribution >= 0.6 is 0 Å². The summed E-state index contributed by atoms with van der Waals surface area (Å²) in [7, 11) is 5.06. The number of hydrogen-bond donors (Lipinski definition) is 5. The van der Waals surface area contributed by atoms with Gasteiger partial charge < -0.3 is 77.8 Å². The molecular formula is C59H98N2O18. The molecule has 452 valence electrons. The zero-order valence-electron chi connectivity index (χ0n) is 50.2. The van der Waals surface area contributed by atoms with E-state index in [4.69, 9.17) is 52.5 Å². The van der Waals surface area contributed by atoms with Crippen molar-refractivity contribution < 1.29 is 87.3 Å². The highest BCUT2D eigenvalue weighted by molar-refractivity contribution is 5.98. The van der Waals surface area contributed by atoms with Gasteiger partial charge in [-0.3, -0.25) is 14.5 Å². The van der Waals surface area contributed by atoms with Crippen molar-refractivity contribution in [2.45, 2.75) is 239 Å². The van der Waals surface area contributed by atoms with Gasteiger partial charge in [-0.25, -0.2) is 4.79 Å². The van der Waals surface area contributed by atoms with Crippen LogP contribution in [0.2, 0.25) is 0 Å². The van der Waals surface area contributed by atoms with E-state index in [1.807, 2.05) is 54.7 Å². The minimum absolute atomic E-state index is 0.0471. The summed E-state index contributed by atoms with van der Waals surface area (Å²) >= 11 is 0. The van der Waals surface area contributed by atoms with Crippen molar-refractivity contribution in [3.8, 4) is 11.5 Å². The Bertz CT molecular complexity index is 2190. The van der Waals surface area contributed by atoms with Gasteiger partial charge in [0.1, 0.15) is 47.6 Å². The highest BCUT2D eigenvalue weighted by Gasteiger charge is 2.61. The first-order valence-electron chi connectivity index (χ1n) is 28.8. The summed E-state index contributed by atoms with van der Waals surface area (Å²) < 4.78 is 62.6. The Balaban J connectivity index is 0.00000219. The lowest BCUT2D eigenvalue weighted by atomic mass is 9.72. The van der Waals surface area contributed by atoms with E-state index in [0.29, 0.717) is 55.8 Å². The van der Waals surface area contributed by atoms with Gasteiger partial charge in [-0.05, 0) is 113 Å². The molecule has 0 saturated carbocycles. The van der Waals surface area contributed by atoms with Gasteiger partial charge in [-0.1, -0.05) is 46.3 Å². The molecule has 5 aliphatic rings. The normalized spacial score (nSPS) is 31.8. The molecule has 0 aromatic heterocycles. The topological polar surface area (TPSA) is 251 Å². The summed E-state index contributed by atoms with van der Waals surface area (Å²) in [5, 5.41) is 55.1. The third kappa shape index (κ3) is 15.8. The third-order valence-corrected chi connectivity index (χ3v) is 17.1. The molecule has 18 atom stereocenters. The lowest BCUT2D eigenvalue weighted by molar-refractivity contribution is -0.309. The molecule has 5 aliphatic heterocycles. The summed E-state index contributed by atoms with van der Waals surface area (Å²) in [6.45, 7) is 26.3. The lowest BCUT2D eigenvalue weighted by Gasteiger charge is -2.51. The Hall–Kier alpha value is -3.51. The van der Waals surface area contributed by atoms with Crippen LogP contribution in [0.3, 0.4) is 0 Å². The molecular weight excluding hydrogens is 1020 g/mol. The van der Waals surface area contributed by atoms with Crippen molar-refractivity contribution in [1.29, 1.82) is 0 Å². The number of carbonyl (C=O) groups is 3. The average molecular weight is 1120 g/mol. The number of morpholine rings is 1. The van der Waals surface area contributed by atoms with Gasteiger partial charge in [-0.15, -0.1) is 0 Å². The molecule has 0 aliphatic carbocycles. The third-order valence-electron chi connectivity index (χ3n) is 17.1. The smallest absolute Gasteiger partial charge is 0.342 e. The van der Waals surface area contributed by atoms with Gasteiger partial charge in [0.2, 0.25) is 0 Å². The molecule has 5 heterocycles. The van der Waals surface area contributed by atoms with E-state index < -0.39 is 114 Å². The fraction of sp³-hybridized carbons (Fsp3) is 0.814. The standard InChI is InChI=1S/C55H88N2O17.C4H10O/c1-15-39(35(9)58)72-51(62)34(8)47(73-43-25-54(11,66-14)49(61)36(10)70-43)33(7)50-55(64,24-30(4)26-56(12)16-2)41-28-67-22-21-57(41)45-40(23-31(5)69-53(45)74-50)71-42(59)20-18-29(3)17-19-37-46(60)44-38(27-68-52(44)63)32(6)48(37)65-13;1-3-4(2)5/h17,30-31,33-36,39-41,43,45,47,49-50,53,58,60-61,64H,15-16,18-28H2,1-14H3;4-5H,3H2,1-2H3/b29-17+;/t30-,31-,33+,34-,35?,36+,39-,40-,41?,43+,45+,47+,49+,50-,53+,54-,55+;4-/m10/s1. The van der Waals surface area contributed by atoms with Gasteiger partial charge in [0.15, 0.2) is 12.6 Å². The monoisotopic (exact) mass is 1120 g/mol. The number of aromatic hydroxyl groups is 1. The zero-order chi connectivity index (χ0) is 58.8. The number of methoxy groups -OCH3 is 2. The first-order chi connectivity index (χ1) is 37.2. The molecule has 0 spiro atoms. The highest BCUT2D eigenvalue weighted by Crippen LogP contribution is 2.47. The number of cyclic esters (lactones) is 1. The predicted molar refractivity (Wildman–Crippen MR) is 293 cm³/mol. The molecule has 0 bridgehead atoms. The number of rotatable bonds is 23. The second kappa shape index (κ2) is 29.1. The number of esters is 3. The minimum atomic E-state index is -1.68. The summed E-state index contributed by atoms with van der Waals surface area (Å²) in [6.07, 6.45) is -4.30. The molecule has 4 saturated heterocycles. The molecule has 2 unspecified atom stereocenters. The number of phenolic OH excluding ortho intramolecular Hbond substituents is 1. The summed E-state index contributed by atoms with van der Waals surface area (Å²) in [5.74, 6) is -3.18. The number of nitrogens with zero attached hydrogens (tertiary/aromatic N) is 2. The molecule has 5 N–H and O–H groups in total. The summed E-state index contributed by atoms with van der Waals surface area (Å²) in [4.78, 5) is 45.2. The molecule has 0 radical (unpaired) electrons. The first-order valence-corrected chi connectivity index (χ1v) is 28.8. The van der Waals surface area contributed by atoms with Gasteiger partial charge in [0, 0.05) is 56.5 Å². The van der Waals surface area contributed by atoms with Crippen LogP contribution in [0.5, 0.6) is 11.5 Å². The Morgan fingerprint density at radius 2 is 1.70 bits per heavy atom. The van der Waals surface area contributed by atoms with Crippen LogP contribution in [-0.2, 0) is 65.2 Å². The average Bonchev–Trinajstić information content (AvgIpc) is 4.01. The van der Waals surface area contributed by atoms with E-state index >= 15 is 0 Å². The van der Waals surface area contributed by atoms with Crippen molar-refractivity contribution in [2.75, 3.05) is 54.1 Å². The quantitative estimate of drug-likeness (QED) is 0.0485. The van der Waals surface area contributed by atoms with Crippen LogP contribution in [0.15, 0.2) is 11.6 Å². The van der Waals surface area contributed by atoms with Crippen LogP contribution in [0.1, 0.15) is 155 Å². The fourth-order valence-corrected chi connectivity index (χ4v) is 12.1. The Labute approximate surface area is 469 Å². The van der Waals surface area contributed by atoms with Crippen LogP contribution in [-0.4, -0.2) is 198 Å². The van der Waals surface area contributed by atoms with Gasteiger partial charge in [0.05, 0.1) is 80.5 Å². The number of fused-ring (bicyclic) bond motifs is 4. The van der Waals surface area contributed by atoms with E-state index in [2.05, 4.69) is 23.6 Å². The molecule has 1 aromatic carbocycles. The van der Waals surface area contributed by atoms with Crippen LogP contribution < -0.4 is 4.74 Å². The zero-order valence-corrected chi connectivity index (χ0v) is 50.2. The maximum absolute atomic E-state index is 14.3. The number of benzene rings is 1. The second-order valence-corrected chi connectivity index (χ2v) is 23.3. The van der Waals surface area contributed by atoms with Crippen LogP contribution in [0.4, 0.5) is 0 Å². The largest absolute Gasteiger partial charge is 0.507 e. The van der Waals surface area contributed by atoms with E-state index in [0.717, 1.165) is 24.1 Å². The minimum Gasteiger partial charge on any atom is -0.507 e. The number of carbonyl (C=O) groups excluding carboxylic acids is 3. The number of phenols is 1. The molecule has 79 heavy (non-hydrogen) atoms. The fourth-order valence-electron chi connectivity index (χ4n) is 12.1. The van der Waals surface area contributed by atoms with E-state index in [9.17, 15) is 34.8 Å². The molecule has 0 amide bonds. The second-order valence-electron chi connectivity index (χ2n) is 23.3. The van der Waals surface area contributed by atoms with Crippen molar-refractivity contribution in [2.24, 2.45) is 17.8 Å². The summed E-state index contributed by atoms with van der Waals surface area (Å²) in [5.41, 5.74) is 0.0658. The molecule has 1 aromatic rings. The molecule has 20 heteroatoms. The van der Waals surface area contributed by atoms with Crippen molar-refractivity contribution in [3.63, 3.8) is 0 Å². The van der Waals surface area contributed by atoms with Gasteiger partial charge >= 0.3 is 17.9 Å².